The molecule has 0 radical (unpaired) electrons. The Morgan fingerprint density at radius 1 is 1.43 bits per heavy atom. The van der Waals surface area contributed by atoms with Crippen LogP contribution in [0.3, 0.4) is 0 Å². The number of azide groups is 1. The number of amidine groups is 1. The molecule has 0 saturated heterocycles. The first-order valence-electron chi connectivity index (χ1n) is 3.68. The molecule has 74 valence electrons. The highest BCUT2D eigenvalue weighted by molar-refractivity contribution is 5.94. The van der Waals surface area contributed by atoms with Crippen LogP contribution < -0.4 is 5.73 Å². The molecule has 0 unspecified atom stereocenters. The maximum Gasteiger partial charge on any atom is 0.122 e. The van der Waals surface area contributed by atoms with Gasteiger partial charge in [0.25, 0.3) is 0 Å². The van der Waals surface area contributed by atoms with Crippen LogP contribution in [0.2, 0.25) is 0 Å². The van der Waals surface area contributed by atoms with Gasteiger partial charge in [0.05, 0.1) is 6.54 Å². The first-order chi connectivity index (χ1) is 6.24. The Balaban J connectivity index is 0.00000169. The number of nitrogen functional groups attached to an aromatic ring is 1. The summed E-state index contributed by atoms with van der Waals surface area (Å²) >= 11 is 0. The van der Waals surface area contributed by atoms with E-state index in [1.165, 1.54) is 0 Å². The van der Waals surface area contributed by atoms with Crippen LogP contribution in [-0.2, 0) is 6.54 Å². The predicted molar refractivity (Wildman–Crippen MR) is 57.6 cm³/mol. The Morgan fingerprint density at radius 2 is 2.00 bits per heavy atom. The van der Waals surface area contributed by atoms with Gasteiger partial charge in [-0.05, 0) is 11.1 Å². The quantitative estimate of drug-likeness (QED) is 0.259. The summed E-state index contributed by atoms with van der Waals surface area (Å²) in [7, 11) is 0. The van der Waals surface area contributed by atoms with Gasteiger partial charge < -0.3 is 5.73 Å². The van der Waals surface area contributed by atoms with E-state index in [0.717, 1.165) is 5.56 Å². The highest BCUT2D eigenvalue weighted by Crippen LogP contribution is 2.04. The zero-order valence-corrected chi connectivity index (χ0v) is 8.16. The Hall–Kier alpha value is -1.71. The number of hydrogen-bond donors (Lipinski definition) is 2. The van der Waals surface area contributed by atoms with E-state index in [4.69, 9.17) is 16.7 Å². The highest BCUT2D eigenvalue weighted by atomic mass is 35.5. The minimum Gasteiger partial charge on any atom is -0.384 e. The molecule has 0 fully saturated rings. The zero-order chi connectivity index (χ0) is 9.68. The van der Waals surface area contributed by atoms with Crippen molar-refractivity contribution in [3.05, 3.63) is 45.8 Å². The van der Waals surface area contributed by atoms with Gasteiger partial charge in [-0.1, -0.05) is 29.4 Å². The smallest absolute Gasteiger partial charge is 0.122 e. The third-order valence-electron chi connectivity index (χ3n) is 1.58. The van der Waals surface area contributed by atoms with Gasteiger partial charge in [0.15, 0.2) is 0 Å². The van der Waals surface area contributed by atoms with Crippen molar-refractivity contribution in [2.45, 2.75) is 6.54 Å². The minimum atomic E-state index is 0. The SMILES string of the molecule is Cl.[N-]=[N+]=NCc1ccc(C(=N)N)cc1. The number of hydrogen-bond acceptors (Lipinski definition) is 2. The fraction of sp³-hybridized carbons (Fsp3) is 0.125. The summed E-state index contributed by atoms with van der Waals surface area (Å²) in [6.45, 7) is 0.328. The van der Waals surface area contributed by atoms with Crippen molar-refractivity contribution in [3.63, 3.8) is 0 Å². The number of rotatable bonds is 3. The fourth-order valence-electron chi connectivity index (χ4n) is 0.903. The molecule has 5 nitrogen and oxygen atoms in total. The van der Waals surface area contributed by atoms with Crippen molar-refractivity contribution in [3.8, 4) is 0 Å². The summed E-state index contributed by atoms with van der Waals surface area (Å²) in [5, 5.41) is 10.6. The van der Waals surface area contributed by atoms with Crippen molar-refractivity contribution in [2.24, 2.45) is 10.8 Å². The van der Waals surface area contributed by atoms with Crippen LogP contribution in [0.1, 0.15) is 11.1 Å². The maximum absolute atomic E-state index is 8.07. The molecule has 1 rings (SSSR count). The molecule has 0 heterocycles. The average molecular weight is 212 g/mol. The average Bonchev–Trinajstić information content (AvgIpc) is 2.15. The standard InChI is InChI=1S/C8H9N5.ClH/c9-8(10)7-3-1-6(2-4-7)5-12-13-11;/h1-4H,5H2,(H3,9,10);1H. The molecule has 0 saturated carbocycles. The van der Waals surface area contributed by atoms with Crippen LogP contribution in [0.25, 0.3) is 10.4 Å². The monoisotopic (exact) mass is 211 g/mol. The van der Waals surface area contributed by atoms with Crippen LogP contribution >= 0.6 is 12.4 Å². The summed E-state index contributed by atoms with van der Waals surface area (Å²) in [6.07, 6.45) is 0. The van der Waals surface area contributed by atoms with Gasteiger partial charge in [-0.15, -0.1) is 12.4 Å². The number of benzene rings is 1. The predicted octanol–water partition coefficient (Wildman–Crippen LogP) is 2.20. The van der Waals surface area contributed by atoms with E-state index in [9.17, 15) is 0 Å². The second-order valence-electron chi connectivity index (χ2n) is 2.50. The van der Waals surface area contributed by atoms with Gasteiger partial charge in [-0.25, -0.2) is 0 Å². The van der Waals surface area contributed by atoms with Crippen molar-refractivity contribution >= 4 is 18.2 Å². The molecule has 14 heavy (non-hydrogen) atoms. The van der Waals surface area contributed by atoms with Gasteiger partial charge in [-0.3, -0.25) is 5.41 Å². The third kappa shape index (κ3) is 3.35. The van der Waals surface area contributed by atoms with Crippen LogP contribution in [-0.4, -0.2) is 5.84 Å². The van der Waals surface area contributed by atoms with E-state index in [2.05, 4.69) is 10.0 Å². The van der Waals surface area contributed by atoms with Crippen LogP contribution in [0.4, 0.5) is 0 Å². The molecule has 0 aromatic heterocycles. The highest BCUT2D eigenvalue weighted by Gasteiger charge is 1.95. The van der Waals surface area contributed by atoms with E-state index in [-0.39, 0.29) is 18.2 Å². The van der Waals surface area contributed by atoms with E-state index in [0.29, 0.717) is 12.1 Å². The lowest BCUT2D eigenvalue weighted by atomic mass is 10.1. The van der Waals surface area contributed by atoms with Crippen molar-refractivity contribution in [1.29, 1.82) is 5.41 Å². The first kappa shape index (κ1) is 12.3. The largest absolute Gasteiger partial charge is 0.384 e. The lowest BCUT2D eigenvalue weighted by Crippen LogP contribution is -2.10. The molecule has 0 bridgehead atoms. The van der Waals surface area contributed by atoms with Crippen LogP contribution in [0.5, 0.6) is 0 Å². The molecule has 0 aliphatic carbocycles. The second kappa shape index (κ2) is 5.85. The molecule has 0 amide bonds. The number of halogens is 1. The number of nitrogens with zero attached hydrogens (tertiary/aromatic N) is 3. The Bertz CT molecular complexity index is 352. The molecule has 0 atom stereocenters. The molecular weight excluding hydrogens is 202 g/mol. The lowest BCUT2D eigenvalue weighted by molar-refractivity contribution is 1.05. The van der Waals surface area contributed by atoms with Gasteiger partial charge in [0.2, 0.25) is 0 Å². The van der Waals surface area contributed by atoms with Crippen LogP contribution in [0.15, 0.2) is 29.4 Å². The Morgan fingerprint density at radius 3 is 2.43 bits per heavy atom. The molecule has 3 N–H and O–H groups in total. The van der Waals surface area contributed by atoms with E-state index in [1.807, 2.05) is 0 Å². The molecule has 6 heteroatoms. The van der Waals surface area contributed by atoms with Crippen molar-refractivity contribution < 1.29 is 0 Å². The number of nitrogens with one attached hydrogen (secondary N) is 1. The lowest BCUT2D eigenvalue weighted by Gasteiger charge is -1.98. The molecular formula is C8H10ClN5. The van der Waals surface area contributed by atoms with Gasteiger partial charge >= 0.3 is 0 Å². The summed E-state index contributed by atoms with van der Waals surface area (Å²) in [5.41, 5.74) is 14.9. The summed E-state index contributed by atoms with van der Waals surface area (Å²) < 4.78 is 0. The first-order valence-corrected chi connectivity index (χ1v) is 3.68. The van der Waals surface area contributed by atoms with Crippen molar-refractivity contribution in [1.82, 2.24) is 0 Å². The number of nitrogens with two attached hydrogens (primary N) is 1. The van der Waals surface area contributed by atoms with Crippen molar-refractivity contribution in [2.75, 3.05) is 0 Å². The molecule has 1 aromatic rings. The molecule has 0 spiro atoms. The Kier molecular flexibility index (Phi) is 5.14. The molecule has 1 aromatic carbocycles. The maximum atomic E-state index is 8.07. The molecule has 0 aliphatic heterocycles. The second-order valence-corrected chi connectivity index (χ2v) is 2.50. The minimum absolute atomic E-state index is 0. The normalized spacial score (nSPS) is 8.29. The van der Waals surface area contributed by atoms with Gasteiger partial charge in [0.1, 0.15) is 5.84 Å². The fourth-order valence-corrected chi connectivity index (χ4v) is 0.903. The van der Waals surface area contributed by atoms with Crippen LogP contribution in [0, 0.1) is 5.41 Å². The van der Waals surface area contributed by atoms with Gasteiger partial charge in [-0.2, -0.15) is 0 Å². The van der Waals surface area contributed by atoms with E-state index < -0.39 is 0 Å². The van der Waals surface area contributed by atoms with E-state index in [1.54, 1.807) is 24.3 Å². The topological polar surface area (TPSA) is 98.6 Å². The molecule has 0 aliphatic rings. The van der Waals surface area contributed by atoms with E-state index >= 15 is 0 Å². The Labute approximate surface area is 87.5 Å². The van der Waals surface area contributed by atoms with Gasteiger partial charge in [0, 0.05) is 10.5 Å². The summed E-state index contributed by atoms with van der Waals surface area (Å²) in [6, 6.07) is 7.02. The summed E-state index contributed by atoms with van der Waals surface area (Å²) in [4.78, 5) is 2.65. The third-order valence-corrected chi connectivity index (χ3v) is 1.58. The zero-order valence-electron chi connectivity index (χ0n) is 7.34. The summed E-state index contributed by atoms with van der Waals surface area (Å²) in [5.74, 6) is 0.0373.